The fourth-order valence-electron chi connectivity index (χ4n) is 3.87. The summed E-state index contributed by atoms with van der Waals surface area (Å²) in [5.41, 5.74) is 5.31. The molecule has 1 saturated heterocycles. The first-order valence-electron chi connectivity index (χ1n) is 11.5. The Labute approximate surface area is 204 Å². The summed E-state index contributed by atoms with van der Waals surface area (Å²) in [6.07, 6.45) is 5.17. The van der Waals surface area contributed by atoms with Crippen LogP contribution in [0.3, 0.4) is 0 Å². The van der Waals surface area contributed by atoms with Gasteiger partial charge in [-0.05, 0) is 54.1 Å². The van der Waals surface area contributed by atoms with E-state index in [1.807, 2.05) is 42.5 Å². The molecule has 1 aliphatic rings. The van der Waals surface area contributed by atoms with Crippen molar-refractivity contribution in [1.29, 1.82) is 0 Å². The van der Waals surface area contributed by atoms with Gasteiger partial charge in [-0.25, -0.2) is 9.97 Å². The molecular formula is C27H26N6O2. The number of aromatic nitrogens is 3. The number of ether oxygens (including phenoxy) is 1. The number of amides is 1. The Morgan fingerprint density at radius 1 is 0.943 bits per heavy atom. The maximum Gasteiger partial charge on any atom is 0.251 e. The summed E-state index contributed by atoms with van der Waals surface area (Å²) in [6.45, 7) is 3.77. The monoisotopic (exact) mass is 466 g/mol. The van der Waals surface area contributed by atoms with Crippen molar-refractivity contribution in [3.8, 4) is 11.3 Å². The Hall–Kier alpha value is -4.30. The van der Waals surface area contributed by atoms with Gasteiger partial charge in [0.25, 0.3) is 5.91 Å². The molecule has 2 N–H and O–H groups in total. The molecule has 0 atom stereocenters. The first-order valence-corrected chi connectivity index (χ1v) is 11.5. The third-order valence-electron chi connectivity index (χ3n) is 5.77. The number of benzene rings is 2. The zero-order chi connectivity index (χ0) is 23.9. The standard InChI is InChI=1S/C27H26N6O2/c34-26(30-19-20-2-1-12-28-18-20)22-5-3-21(4-6-22)25-11-13-29-27(32-25)31-23-7-9-24(10-8-23)33-14-16-35-17-15-33/h1-13,18H,14-17,19H2,(H,30,34)(H,29,31,32). The number of carbonyl (C=O) groups excluding carboxylic acids is 1. The first-order chi connectivity index (χ1) is 17.2. The van der Waals surface area contributed by atoms with Crippen molar-refractivity contribution in [1.82, 2.24) is 20.3 Å². The minimum atomic E-state index is -0.133. The molecule has 3 heterocycles. The van der Waals surface area contributed by atoms with Gasteiger partial charge >= 0.3 is 0 Å². The molecule has 1 amide bonds. The molecule has 0 radical (unpaired) electrons. The highest BCUT2D eigenvalue weighted by Crippen LogP contribution is 2.23. The van der Waals surface area contributed by atoms with E-state index in [0.717, 1.165) is 48.8 Å². The Morgan fingerprint density at radius 3 is 2.49 bits per heavy atom. The minimum Gasteiger partial charge on any atom is -0.378 e. The van der Waals surface area contributed by atoms with Crippen molar-refractivity contribution in [3.63, 3.8) is 0 Å². The summed E-state index contributed by atoms with van der Waals surface area (Å²) in [7, 11) is 0. The molecule has 0 spiro atoms. The van der Waals surface area contributed by atoms with Crippen LogP contribution in [0.15, 0.2) is 85.3 Å². The molecule has 35 heavy (non-hydrogen) atoms. The third kappa shape index (κ3) is 5.80. The molecule has 1 fully saturated rings. The summed E-state index contributed by atoms with van der Waals surface area (Å²) < 4.78 is 5.42. The van der Waals surface area contributed by atoms with E-state index in [-0.39, 0.29) is 5.91 Å². The van der Waals surface area contributed by atoms with Crippen molar-refractivity contribution in [2.24, 2.45) is 0 Å². The van der Waals surface area contributed by atoms with Crippen LogP contribution in [0.5, 0.6) is 0 Å². The van der Waals surface area contributed by atoms with Gasteiger partial charge in [-0.1, -0.05) is 18.2 Å². The highest BCUT2D eigenvalue weighted by atomic mass is 16.5. The molecule has 4 aromatic rings. The van der Waals surface area contributed by atoms with Crippen LogP contribution in [0.25, 0.3) is 11.3 Å². The second-order valence-electron chi connectivity index (χ2n) is 8.16. The normalized spacial score (nSPS) is 13.3. The van der Waals surface area contributed by atoms with Gasteiger partial charge in [0, 0.05) is 60.7 Å². The van der Waals surface area contributed by atoms with Gasteiger partial charge in [0.1, 0.15) is 0 Å². The lowest BCUT2D eigenvalue weighted by Gasteiger charge is -2.28. The predicted molar refractivity (Wildman–Crippen MR) is 136 cm³/mol. The number of pyridine rings is 1. The van der Waals surface area contributed by atoms with Gasteiger partial charge in [-0.3, -0.25) is 9.78 Å². The van der Waals surface area contributed by atoms with Crippen LogP contribution in [0.4, 0.5) is 17.3 Å². The lowest BCUT2D eigenvalue weighted by Crippen LogP contribution is -2.36. The first kappa shape index (κ1) is 22.5. The molecular weight excluding hydrogens is 440 g/mol. The van der Waals surface area contributed by atoms with Gasteiger partial charge in [0.15, 0.2) is 0 Å². The van der Waals surface area contributed by atoms with Crippen molar-refractivity contribution < 1.29 is 9.53 Å². The molecule has 2 aromatic carbocycles. The summed E-state index contributed by atoms with van der Waals surface area (Å²) in [6, 6.07) is 21.2. The highest BCUT2D eigenvalue weighted by molar-refractivity contribution is 5.94. The van der Waals surface area contributed by atoms with Crippen LogP contribution in [-0.4, -0.2) is 47.2 Å². The van der Waals surface area contributed by atoms with Crippen LogP contribution in [0.2, 0.25) is 0 Å². The molecule has 8 nitrogen and oxygen atoms in total. The smallest absolute Gasteiger partial charge is 0.251 e. The Bertz CT molecular complexity index is 1260. The highest BCUT2D eigenvalue weighted by Gasteiger charge is 2.11. The van der Waals surface area contributed by atoms with Gasteiger partial charge in [0.2, 0.25) is 5.95 Å². The summed E-state index contributed by atoms with van der Waals surface area (Å²) in [4.78, 5) is 27.8. The molecule has 176 valence electrons. The second-order valence-corrected chi connectivity index (χ2v) is 8.16. The zero-order valence-corrected chi connectivity index (χ0v) is 19.2. The van der Waals surface area contributed by atoms with Crippen molar-refractivity contribution in [2.75, 3.05) is 36.5 Å². The predicted octanol–water partition coefficient (Wildman–Crippen LogP) is 4.05. The lowest BCUT2D eigenvalue weighted by molar-refractivity contribution is 0.0951. The molecule has 5 rings (SSSR count). The fraction of sp³-hybridized carbons (Fsp3) is 0.185. The van der Waals surface area contributed by atoms with Crippen LogP contribution >= 0.6 is 0 Å². The van der Waals surface area contributed by atoms with E-state index in [1.54, 1.807) is 30.7 Å². The quantitative estimate of drug-likeness (QED) is 0.425. The number of morpholine rings is 1. The van der Waals surface area contributed by atoms with E-state index < -0.39 is 0 Å². The number of carbonyl (C=O) groups is 1. The van der Waals surface area contributed by atoms with Gasteiger partial charge in [0.05, 0.1) is 18.9 Å². The fourth-order valence-corrected chi connectivity index (χ4v) is 3.87. The number of anilines is 3. The van der Waals surface area contributed by atoms with Crippen LogP contribution in [0, 0.1) is 0 Å². The largest absolute Gasteiger partial charge is 0.378 e. The van der Waals surface area contributed by atoms with E-state index >= 15 is 0 Å². The van der Waals surface area contributed by atoms with E-state index in [2.05, 4.69) is 42.6 Å². The molecule has 0 bridgehead atoms. The van der Waals surface area contributed by atoms with E-state index in [4.69, 9.17) is 4.74 Å². The number of rotatable bonds is 7. The molecule has 0 aliphatic carbocycles. The van der Waals surface area contributed by atoms with Crippen molar-refractivity contribution >= 4 is 23.2 Å². The Morgan fingerprint density at radius 2 is 1.74 bits per heavy atom. The topological polar surface area (TPSA) is 92.3 Å². The van der Waals surface area contributed by atoms with Crippen molar-refractivity contribution in [3.05, 3.63) is 96.4 Å². The molecule has 8 heteroatoms. The maximum absolute atomic E-state index is 12.5. The zero-order valence-electron chi connectivity index (χ0n) is 19.2. The number of hydrogen-bond donors (Lipinski definition) is 2. The van der Waals surface area contributed by atoms with Crippen LogP contribution in [-0.2, 0) is 11.3 Å². The average Bonchev–Trinajstić information content (AvgIpc) is 2.93. The van der Waals surface area contributed by atoms with Crippen molar-refractivity contribution in [2.45, 2.75) is 6.54 Å². The van der Waals surface area contributed by atoms with E-state index in [9.17, 15) is 4.79 Å². The van der Waals surface area contributed by atoms with Gasteiger partial charge in [-0.15, -0.1) is 0 Å². The molecule has 0 unspecified atom stereocenters. The molecule has 2 aromatic heterocycles. The minimum absolute atomic E-state index is 0.133. The van der Waals surface area contributed by atoms with Crippen LogP contribution < -0.4 is 15.5 Å². The van der Waals surface area contributed by atoms with E-state index in [0.29, 0.717) is 18.1 Å². The Balaban J connectivity index is 1.22. The number of hydrogen-bond acceptors (Lipinski definition) is 7. The lowest BCUT2D eigenvalue weighted by atomic mass is 10.1. The number of nitrogens with one attached hydrogen (secondary N) is 2. The van der Waals surface area contributed by atoms with Crippen LogP contribution in [0.1, 0.15) is 15.9 Å². The average molecular weight is 467 g/mol. The molecule has 0 saturated carbocycles. The van der Waals surface area contributed by atoms with Gasteiger partial charge in [-0.2, -0.15) is 0 Å². The van der Waals surface area contributed by atoms with Gasteiger partial charge < -0.3 is 20.3 Å². The SMILES string of the molecule is O=C(NCc1cccnc1)c1ccc(-c2ccnc(Nc3ccc(N4CCOCC4)cc3)n2)cc1. The third-order valence-corrected chi connectivity index (χ3v) is 5.77. The Kier molecular flexibility index (Phi) is 6.91. The summed E-state index contributed by atoms with van der Waals surface area (Å²) in [5, 5.41) is 6.18. The summed E-state index contributed by atoms with van der Waals surface area (Å²) >= 11 is 0. The second kappa shape index (κ2) is 10.8. The van der Waals surface area contributed by atoms with E-state index in [1.165, 1.54) is 5.69 Å². The maximum atomic E-state index is 12.5. The summed E-state index contributed by atoms with van der Waals surface area (Å²) in [5.74, 6) is 0.380. The number of nitrogens with zero attached hydrogens (tertiary/aromatic N) is 4. The molecule has 1 aliphatic heterocycles.